The van der Waals surface area contributed by atoms with Gasteiger partial charge in [0.25, 0.3) is 0 Å². The third-order valence-electron chi connectivity index (χ3n) is 5.70. The predicted octanol–water partition coefficient (Wildman–Crippen LogP) is 3.17. The topological polar surface area (TPSA) is 90.3 Å². The molecule has 0 unspecified atom stereocenters. The van der Waals surface area contributed by atoms with Gasteiger partial charge >= 0.3 is 0 Å². The third kappa shape index (κ3) is 4.95. The Morgan fingerprint density at radius 1 is 1.29 bits per heavy atom. The molecule has 0 radical (unpaired) electrons. The number of anilines is 1. The van der Waals surface area contributed by atoms with Crippen LogP contribution in [0.5, 0.6) is 0 Å². The van der Waals surface area contributed by atoms with Crippen LogP contribution in [0.1, 0.15) is 34.4 Å². The van der Waals surface area contributed by atoms with Crippen LogP contribution in [-0.4, -0.2) is 38.2 Å². The number of carbonyl (C=O) groups excluding carboxylic acids is 1. The Morgan fingerprint density at radius 3 is 2.61 bits per heavy atom. The molecule has 0 saturated heterocycles. The zero-order valence-corrected chi connectivity index (χ0v) is 18.3. The molecule has 31 heavy (non-hydrogen) atoms. The van der Waals surface area contributed by atoms with Gasteiger partial charge in [0.15, 0.2) is 10.7 Å². The highest BCUT2D eigenvalue weighted by atomic mass is 32.2. The minimum Gasteiger partial charge on any atom is -0.316 e. The second kappa shape index (κ2) is 8.65. The number of nitrogens with one attached hydrogen (secondary N) is 1. The molecule has 1 aromatic heterocycles. The Hall–Kier alpha value is -2.35. The van der Waals surface area contributed by atoms with Crippen LogP contribution in [0.2, 0.25) is 0 Å². The van der Waals surface area contributed by atoms with E-state index >= 15 is 0 Å². The van der Waals surface area contributed by atoms with Crippen molar-refractivity contribution in [3.63, 3.8) is 0 Å². The molecule has 2 aromatic rings. The summed E-state index contributed by atoms with van der Waals surface area (Å²) in [5.41, 5.74) is 1.99. The fraction of sp³-hybridized carbons (Fsp3) is 0.429. The maximum absolute atomic E-state index is 13.1. The SMILES string of the molecule is N#Cc1c(NC(=O)Cc2ccc([SH](=O)=O)cc2)sc2c1CN(CC1CC(F)(F)C1)CC2. The molecule has 2 aliphatic rings. The van der Waals surface area contributed by atoms with Gasteiger partial charge in [-0.2, -0.15) is 5.26 Å². The lowest BCUT2D eigenvalue weighted by Gasteiger charge is -2.39. The second-order valence-corrected chi connectivity index (χ2v) is 10.2. The van der Waals surface area contributed by atoms with Crippen LogP contribution in [0.15, 0.2) is 29.2 Å². The van der Waals surface area contributed by atoms with Crippen molar-refractivity contribution in [2.45, 2.75) is 43.0 Å². The average molecular weight is 466 g/mol. The molecule has 1 aliphatic heterocycles. The first-order chi connectivity index (χ1) is 14.7. The van der Waals surface area contributed by atoms with Gasteiger partial charge in [0.05, 0.1) is 16.9 Å². The van der Waals surface area contributed by atoms with Gasteiger partial charge in [-0.25, -0.2) is 17.2 Å². The number of hydrogen-bond donors (Lipinski definition) is 2. The molecule has 1 aromatic carbocycles. The average Bonchev–Trinajstić information content (AvgIpc) is 3.03. The van der Waals surface area contributed by atoms with Crippen molar-refractivity contribution < 1.29 is 22.0 Å². The van der Waals surface area contributed by atoms with E-state index in [4.69, 9.17) is 0 Å². The molecule has 164 valence electrons. The number of thiophene rings is 1. The van der Waals surface area contributed by atoms with E-state index in [1.807, 2.05) is 0 Å². The number of fused-ring (bicyclic) bond motifs is 1. The molecule has 0 bridgehead atoms. The molecule has 2 heterocycles. The summed E-state index contributed by atoms with van der Waals surface area (Å²) in [5.74, 6) is -2.83. The second-order valence-electron chi connectivity index (χ2n) is 8.08. The zero-order chi connectivity index (χ0) is 22.2. The fourth-order valence-electron chi connectivity index (χ4n) is 4.18. The van der Waals surface area contributed by atoms with Gasteiger partial charge in [0, 0.05) is 42.9 Å². The Balaban J connectivity index is 1.41. The largest absolute Gasteiger partial charge is 0.316 e. The van der Waals surface area contributed by atoms with Crippen LogP contribution >= 0.6 is 11.3 Å². The van der Waals surface area contributed by atoms with Crippen LogP contribution in [0.4, 0.5) is 13.8 Å². The standard InChI is InChI=1S/C21H21F2N3O3S2/c22-21(23)8-14(9-21)11-26-6-5-18-17(12-26)16(10-24)20(30-18)25-19(27)7-13-1-3-15(4-2-13)31(28)29/h1-4,14,31H,5-9,11-12H2,(H,25,27). The van der Waals surface area contributed by atoms with E-state index in [-0.39, 0.29) is 36.0 Å². The summed E-state index contributed by atoms with van der Waals surface area (Å²) in [5, 5.41) is 13.0. The Bertz CT molecular complexity index is 1100. The summed E-state index contributed by atoms with van der Waals surface area (Å²) in [4.78, 5) is 15.8. The van der Waals surface area contributed by atoms with Gasteiger partial charge in [-0.15, -0.1) is 11.3 Å². The van der Waals surface area contributed by atoms with Gasteiger partial charge in [0.1, 0.15) is 11.1 Å². The van der Waals surface area contributed by atoms with Gasteiger partial charge in [-0.3, -0.25) is 9.69 Å². The predicted molar refractivity (Wildman–Crippen MR) is 113 cm³/mol. The molecule has 0 atom stereocenters. The van der Waals surface area contributed by atoms with Crippen molar-refractivity contribution in [3.8, 4) is 6.07 Å². The summed E-state index contributed by atoms with van der Waals surface area (Å²) in [6, 6.07) is 8.27. The van der Waals surface area contributed by atoms with E-state index in [1.54, 1.807) is 12.1 Å². The first-order valence-corrected chi connectivity index (χ1v) is 11.9. The first kappa shape index (κ1) is 21.9. The number of rotatable bonds is 6. The van der Waals surface area contributed by atoms with E-state index in [9.17, 15) is 27.3 Å². The molecule has 1 amide bonds. The molecule has 10 heteroatoms. The molecular weight excluding hydrogens is 444 g/mol. The number of halogens is 2. The Kier molecular flexibility index (Phi) is 6.10. The van der Waals surface area contributed by atoms with Crippen molar-refractivity contribution in [1.82, 2.24) is 4.90 Å². The Labute approximate surface area is 184 Å². The number of carbonyl (C=O) groups is 1. The summed E-state index contributed by atoms with van der Waals surface area (Å²) in [6.45, 7) is 1.88. The van der Waals surface area contributed by atoms with Crippen LogP contribution in [0, 0.1) is 17.2 Å². The highest BCUT2D eigenvalue weighted by Gasteiger charge is 2.45. The van der Waals surface area contributed by atoms with Gasteiger partial charge < -0.3 is 5.32 Å². The van der Waals surface area contributed by atoms with Crippen LogP contribution < -0.4 is 5.32 Å². The number of nitriles is 1. The van der Waals surface area contributed by atoms with E-state index in [0.717, 1.165) is 23.4 Å². The lowest BCUT2D eigenvalue weighted by atomic mass is 9.81. The summed E-state index contributed by atoms with van der Waals surface area (Å²) < 4.78 is 48.1. The number of hydrogen-bond acceptors (Lipinski definition) is 6. The molecule has 1 N–H and O–H groups in total. The zero-order valence-electron chi connectivity index (χ0n) is 16.6. The monoisotopic (exact) mass is 465 g/mol. The summed E-state index contributed by atoms with van der Waals surface area (Å²) in [6.07, 6.45) is 0.644. The molecule has 0 spiro atoms. The number of nitrogens with zero attached hydrogens (tertiary/aromatic N) is 2. The van der Waals surface area contributed by atoms with Crippen molar-refractivity contribution in [2.75, 3.05) is 18.4 Å². The molecule has 1 aliphatic carbocycles. The normalized spacial score (nSPS) is 18.3. The van der Waals surface area contributed by atoms with E-state index in [2.05, 4.69) is 16.3 Å². The van der Waals surface area contributed by atoms with Crippen LogP contribution in [0.3, 0.4) is 0 Å². The van der Waals surface area contributed by atoms with E-state index < -0.39 is 16.6 Å². The van der Waals surface area contributed by atoms with Crippen molar-refractivity contribution in [2.24, 2.45) is 5.92 Å². The number of alkyl halides is 2. The summed E-state index contributed by atoms with van der Waals surface area (Å²) >= 11 is 1.39. The maximum atomic E-state index is 13.1. The smallest absolute Gasteiger partial charge is 0.248 e. The van der Waals surface area contributed by atoms with E-state index in [0.29, 0.717) is 29.2 Å². The van der Waals surface area contributed by atoms with Crippen LogP contribution in [0.25, 0.3) is 0 Å². The third-order valence-corrected chi connectivity index (χ3v) is 7.62. The number of thiol groups is 1. The minimum absolute atomic E-state index is 0.00830. The first-order valence-electron chi connectivity index (χ1n) is 9.92. The quantitative estimate of drug-likeness (QED) is 0.640. The fourth-order valence-corrected chi connectivity index (χ4v) is 5.73. The number of benzene rings is 1. The number of amides is 1. The Morgan fingerprint density at radius 2 is 2.00 bits per heavy atom. The lowest BCUT2D eigenvalue weighted by Crippen LogP contribution is -2.43. The molecule has 6 nitrogen and oxygen atoms in total. The van der Waals surface area contributed by atoms with Gasteiger partial charge in [0.2, 0.25) is 11.8 Å². The molecular formula is C21H21F2N3O3S2. The summed E-state index contributed by atoms with van der Waals surface area (Å²) in [7, 11) is -2.66. The van der Waals surface area contributed by atoms with Gasteiger partial charge in [-0.05, 0) is 30.0 Å². The van der Waals surface area contributed by atoms with Crippen molar-refractivity contribution in [1.29, 1.82) is 5.26 Å². The molecule has 4 rings (SSSR count). The minimum atomic E-state index is -2.66. The van der Waals surface area contributed by atoms with E-state index in [1.165, 1.54) is 23.5 Å². The van der Waals surface area contributed by atoms with Gasteiger partial charge in [-0.1, -0.05) is 12.1 Å². The lowest BCUT2D eigenvalue weighted by molar-refractivity contribution is -0.117. The van der Waals surface area contributed by atoms with Crippen LogP contribution in [-0.2, 0) is 34.9 Å². The molecule has 1 fully saturated rings. The molecule has 1 saturated carbocycles. The van der Waals surface area contributed by atoms with Crippen molar-refractivity contribution in [3.05, 3.63) is 45.8 Å². The van der Waals surface area contributed by atoms with Crippen molar-refractivity contribution >= 4 is 32.9 Å². The highest BCUT2D eigenvalue weighted by molar-refractivity contribution is 7.72. The maximum Gasteiger partial charge on any atom is 0.248 e. The highest BCUT2D eigenvalue weighted by Crippen LogP contribution is 2.43.